The van der Waals surface area contributed by atoms with E-state index in [0.717, 1.165) is 44.5 Å². The van der Waals surface area contributed by atoms with Crippen LogP contribution in [0.15, 0.2) is 48.7 Å². The Morgan fingerprint density at radius 2 is 2.17 bits per heavy atom. The number of carbonyl (C=O) groups excluding carboxylic acids is 1. The summed E-state index contributed by atoms with van der Waals surface area (Å²) in [5, 5.41) is 0. The normalized spacial score (nSPS) is 20.5. The molecule has 0 aliphatic carbocycles. The predicted molar refractivity (Wildman–Crippen MR) is 95.3 cm³/mol. The van der Waals surface area contributed by atoms with Gasteiger partial charge in [-0.25, -0.2) is 0 Å². The number of likely N-dealkylation sites (tertiary alicyclic amines) is 1. The van der Waals surface area contributed by atoms with Gasteiger partial charge in [-0.1, -0.05) is 35.9 Å². The van der Waals surface area contributed by atoms with Gasteiger partial charge in [-0.15, -0.1) is 0 Å². The van der Waals surface area contributed by atoms with Crippen LogP contribution in [-0.2, 0) is 17.8 Å². The van der Waals surface area contributed by atoms with E-state index in [0.29, 0.717) is 0 Å². The predicted octanol–water partition coefficient (Wildman–Crippen LogP) is 2.84. The fourth-order valence-electron chi connectivity index (χ4n) is 3.59. The summed E-state index contributed by atoms with van der Waals surface area (Å²) in [4.78, 5) is 18.8. The van der Waals surface area contributed by atoms with E-state index in [2.05, 4.69) is 41.1 Å². The molecular weight excluding hydrogens is 298 g/mol. The van der Waals surface area contributed by atoms with Crippen molar-refractivity contribution in [2.45, 2.75) is 44.7 Å². The summed E-state index contributed by atoms with van der Waals surface area (Å²) in [5.41, 5.74) is 8.86. The molecule has 24 heavy (non-hydrogen) atoms. The largest absolute Gasteiger partial charge is 0.368 e. The SMILES string of the molecule is Cc1cccc(CN2CCC2(CCCc2ccccn2)C(N)=O)c1. The van der Waals surface area contributed by atoms with Crippen LogP contribution in [0.5, 0.6) is 0 Å². The quantitative estimate of drug-likeness (QED) is 0.852. The maximum Gasteiger partial charge on any atom is 0.238 e. The standard InChI is InChI=1S/C20H25N3O/c1-16-6-4-7-17(14-16)15-23-13-11-20(23,19(21)24)10-5-9-18-8-2-3-12-22-18/h2-4,6-8,12,14H,5,9-11,13,15H2,1H3,(H2,21,24). The second-order valence-corrected chi connectivity index (χ2v) is 6.73. The van der Waals surface area contributed by atoms with Crippen LogP contribution < -0.4 is 5.73 Å². The zero-order valence-electron chi connectivity index (χ0n) is 14.2. The van der Waals surface area contributed by atoms with Crippen LogP contribution in [-0.4, -0.2) is 27.9 Å². The minimum atomic E-state index is -0.488. The minimum Gasteiger partial charge on any atom is -0.368 e. The number of nitrogens with zero attached hydrogens (tertiary/aromatic N) is 2. The number of aromatic nitrogens is 1. The number of hydrogen-bond acceptors (Lipinski definition) is 3. The van der Waals surface area contributed by atoms with Crippen molar-refractivity contribution >= 4 is 5.91 Å². The number of rotatable bonds is 7. The van der Waals surface area contributed by atoms with Gasteiger partial charge in [0.25, 0.3) is 0 Å². The van der Waals surface area contributed by atoms with Crippen LogP contribution in [0.4, 0.5) is 0 Å². The highest BCUT2D eigenvalue weighted by atomic mass is 16.1. The summed E-state index contributed by atoms with van der Waals surface area (Å²) in [6, 6.07) is 14.4. The number of primary amides is 1. The number of amides is 1. The second kappa shape index (κ2) is 7.14. The highest BCUT2D eigenvalue weighted by molar-refractivity contribution is 5.85. The molecule has 126 valence electrons. The first-order valence-corrected chi connectivity index (χ1v) is 8.60. The van der Waals surface area contributed by atoms with Gasteiger partial charge in [0.1, 0.15) is 5.54 Å². The third-order valence-corrected chi connectivity index (χ3v) is 5.06. The Hall–Kier alpha value is -2.20. The fraction of sp³-hybridized carbons (Fsp3) is 0.400. The lowest BCUT2D eigenvalue weighted by atomic mass is 9.78. The minimum absolute atomic E-state index is 0.192. The zero-order chi connectivity index (χ0) is 17.0. The number of nitrogens with two attached hydrogens (primary N) is 1. The Labute approximate surface area is 143 Å². The molecule has 1 aromatic carbocycles. The molecule has 2 aromatic rings. The lowest BCUT2D eigenvalue weighted by Crippen LogP contribution is -2.66. The van der Waals surface area contributed by atoms with Gasteiger partial charge in [0.2, 0.25) is 5.91 Å². The summed E-state index contributed by atoms with van der Waals surface area (Å²) in [7, 11) is 0. The lowest BCUT2D eigenvalue weighted by Gasteiger charge is -2.51. The first kappa shape index (κ1) is 16.7. The molecule has 0 bridgehead atoms. The molecule has 1 unspecified atom stereocenters. The smallest absolute Gasteiger partial charge is 0.238 e. The Balaban J connectivity index is 1.64. The number of carbonyl (C=O) groups is 1. The molecule has 2 heterocycles. The summed E-state index contributed by atoms with van der Waals surface area (Å²) >= 11 is 0. The third-order valence-electron chi connectivity index (χ3n) is 5.06. The van der Waals surface area contributed by atoms with Gasteiger partial charge in [-0.05, 0) is 50.3 Å². The number of hydrogen-bond donors (Lipinski definition) is 1. The van der Waals surface area contributed by atoms with Gasteiger partial charge in [0.15, 0.2) is 0 Å². The van der Waals surface area contributed by atoms with Crippen LogP contribution >= 0.6 is 0 Å². The van der Waals surface area contributed by atoms with E-state index in [4.69, 9.17) is 5.73 Å². The molecule has 4 nitrogen and oxygen atoms in total. The van der Waals surface area contributed by atoms with Crippen molar-refractivity contribution in [2.24, 2.45) is 5.73 Å². The Bertz CT molecular complexity index is 701. The van der Waals surface area contributed by atoms with Crippen molar-refractivity contribution in [3.8, 4) is 0 Å². The molecular formula is C20H25N3O. The summed E-state index contributed by atoms with van der Waals surface area (Å²) in [6.07, 6.45) is 5.27. The van der Waals surface area contributed by atoms with Crippen molar-refractivity contribution in [1.82, 2.24) is 9.88 Å². The second-order valence-electron chi connectivity index (χ2n) is 6.73. The molecule has 1 amide bonds. The molecule has 3 rings (SSSR count). The monoisotopic (exact) mass is 323 g/mol. The molecule has 4 heteroatoms. The maximum atomic E-state index is 12.2. The zero-order valence-corrected chi connectivity index (χ0v) is 14.2. The van der Waals surface area contributed by atoms with E-state index in [1.54, 1.807) is 0 Å². The summed E-state index contributed by atoms with van der Waals surface area (Å²) in [6.45, 7) is 3.81. The lowest BCUT2D eigenvalue weighted by molar-refractivity contribution is -0.141. The van der Waals surface area contributed by atoms with E-state index in [-0.39, 0.29) is 5.91 Å². The molecule has 2 N–H and O–H groups in total. The number of aryl methyl sites for hydroxylation is 2. The number of pyridine rings is 1. The van der Waals surface area contributed by atoms with E-state index >= 15 is 0 Å². The van der Waals surface area contributed by atoms with E-state index < -0.39 is 5.54 Å². The van der Waals surface area contributed by atoms with Crippen molar-refractivity contribution in [3.63, 3.8) is 0 Å². The van der Waals surface area contributed by atoms with E-state index in [1.807, 2.05) is 24.4 Å². The molecule has 0 saturated carbocycles. The number of benzene rings is 1. The van der Waals surface area contributed by atoms with Crippen molar-refractivity contribution < 1.29 is 4.79 Å². The van der Waals surface area contributed by atoms with Gasteiger partial charge in [0.05, 0.1) is 0 Å². The summed E-state index contributed by atoms with van der Waals surface area (Å²) in [5.74, 6) is -0.192. The first-order chi connectivity index (χ1) is 11.6. The first-order valence-electron chi connectivity index (χ1n) is 8.60. The van der Waals surface area contributed by atoms with E-state index in [9.17, 15) is 4.79 Å². The van der Waals surface area contributed by atoms with Gasteiger partial charge in [-0.2, -0.15) is 0 Å². The molecule has 0 spiro atoms. The highest BCUT2D eigenvalue weighted by Gasteiger charge is 2.48. The molecule has 1 aliphatic rings. The third kappa shape index (κ3) is 3.49. The Morgan fingerprint density at radius 3 is 2.79 bits per heavy atom. The van der Waals surface area contributed by atoms with Crippen LogP contribution in [0.3, 0.4) is 0 Å². The maximum absolute atomic E-state index is 12.2. The Kier molecular flexibility index (Phi) is 4.95. The van der Waals surface area contributed by atoms with Gasteiger partial charge >= 0.3 is 0 Å². The van der Waals surface area contributed by atoms with Crippen molar-refractivity contribution in [3.05, 3.63) is 65.5 Å². The van der Waals surface area contributed by atoms with Crippen LogP contribution in [0.2, 0.25) is 0 Å². The molecule has 1 aromatic heterocycles. The molecule has 1 saturated heterocycles. The van der Waals surface area contributed by atoms with Crippen LogP contribution in [0, 0.1) is 6.92 Å². The van der Waals surface area contributed by atoms with E-state index in [1.165, 1.54) is 11.1 Å². The van der Waals surface area contributed by atoms with Gasteiger partial charge in [0, 0.05) is 25.0 Å². The van der Waals surface area contributed by atoms with Crippen LogP contribution in [0.1, 0.15) is 36.1 Å². The topological polar surface area (TPSA) is 59.2 Å². The van der Waals surface area contributed by atoms with Crippen molar-refractivity contribution in [2.75, 3.05) is 6.54 Å². The average Bonchev–Trinajstić information content (AvgIpc) is 2.56. The van der Waals surface area contributed by atoms with Gasteiger partial charge < -0.3 is 5.73 Å². The fourth-order valence-corrected chi connectivity index (χ4v) is 3.59. The van der Waals surface area contributed by atoms with Gasteiger partial charge in [-0.3, -0.25) is 14.7 Å². The molecule has 1 fully saturated rings. The molecule has 1 aliphatic heterocycles. The Morgan fingerprint density at radius 1 is 1.29 bits per heavy atom. The summed E-state index contributed by atoms with van der Waals surface area (Å²) < 4.78 is 0. The average molecular weight is 323 g/mol. The molecule has 1 atom stereocenters. The van der Waals surface area contributed by atoms with Crippen molar-refractivity contribution in [1.29, 1.82) is 0 Å². The molecule has 0 radical (unpaired) electrons. The van der Waals surface area contributed by atoms with Crippen LogP contribution in [0.25, 0.3) is 0 Å². The highest BCUT2D eigenvalue weighted by Crippen LogP contribution is 2.36.